The van der Waals surface area contributed by atoms with Crippen molar-refractivity contribution in [2.45, 2.75) is 32.1 Å². The van der Waals surface area contributed by atoms with Crippen molar-refractivity contribution >= 4 is 15.9 Å². The minimum Gasteiger partial charge on any atom is -0.246 e. The number of nitrogens with zero attached hydrogens (tertiary/aromatic N) is 1. The van der Waals surface area contributed by atoms with Gasteiger partial charge in [0, 0.05) is 5.69 Å². The lowest BCUT2D eigenvalue weighted by Gasteiger charge is -2.07. The van der Waals surface area contributed by atoms with E-state index in [0.29, 0.717) is 0 Å². The zero-order chi connectivity index (χ0) is 9.10. The summed E-state index contributed by atoms with van der Waals surface area (Å²) in [5.41, 5.74) is 1.24. The standard InChI is InChI=1S/C11H14BrN/c12-11-7-3-6-10(13-11)8-9-4-1-2-5-9/h3,6-7,9H,1-2,4-5,8H2. The lowest BCUT2D eigenvalue weighted by Crippen LogP contribution is -2.00. The Balaban J connectivity index is 2.00. The first-order valence-corrected chi connectivity index (χ1v) is 5.75. The van der Waals surface area contributed by atoms with Crippen LogP contribution in [0.3, 0.4) is 0 Å². The SMILES string of the molecule is Brc1cccc(CC2CCCC2)n1. The van der Waals surface area contributed by atoms with E-state index in [2.05, 4.69) is 33.0 Å². The molecule has 1 fully saturated rings. The highest BCUT2D eigenvalue weighted by Gasteiger charge is 2.15. The van der Waals surface area contributed by atoms with Crippen molar-refractivity contribution in [3.63, 3.8) is 0 Å². The zero-order valence-corrected chi connectivity index (χ0v) is 9.26. The molecule has 0 aromatic carbocycles. The van der Waals surface area contributed by atoms with Crippen LogP contribution in [0.25, 0.3) is 0 Å². The Morgan fingerprint density at radius 1 is 1.31 bits per heavy atom. The van der Waals surface area contributed by atoms with Crippen LogP contribution in [0.5, 0.6) is 0 Å². The molecule has 1 nitrogen and oxygen atoms in total. The van der Waals surface area contributed by atoms with Gasteiger partial charge in [-0.05, 0) is 40.4 Å². The molecule has 0 spiro atoms. The van der Waals surface area contributed by atoms with Crippen LogP contribution in [-0.4, -0.2) is 4.98 Å². The third-order valence-corrected chi connectivity index (χ3v) is 3.19. The van der Waals surface area contributed by atoms with Crippen LogP contribution in [0.4, 0.5) is 0 Å². The van der Waals surface area contributed by atoms with E-state index in [0.717, 1.165) is 10.5 Å². The summed E-state index contributed by atoms with van der Waals surface area (Å²) < 4.78 is 0.961. The summed E-state index contributed by atoms with van der Waals surface area (Å²) in [5.74, 6) is 0.891. The number of rotatable bonds is 2. The quantitative estimate of drug-likeness (QED) is 0.720. The minimum atomic E-state index is 0.891. The molecular weight excluding hydrogens is 226 g/mol. The fourth-order valence-electron chi connectivity index (χ4n) is 2.07. The molecule has 1 aliphatic rings. The Hall–Kier alpha value is -0.370. The van der Waals surface area contributed by atoms with Gasteiger partial charge in [-0.2, -0.15) is 0 Å². The van der Waals surface area contributed by atoms with Crippen molar-refractivity contribution in [1.29, 1.82) is 0 Å². The third-order valence-electron chi connectivity index (χ3n) is 2.75. The Morgan fingerprint density at radius 2 is 2.08 bits per heavy atom. The maximum Gasteiger partial charge on any atom is 0.106 e. The molecule has 13 heavy (non-hydrogen) atoms. The largest absolute Gasteiger partial charge is 0.246 e. The summed E-state index contributed by atoms with van der Waals surface area (Å²) in [4.78, 5) is 4.45. The van der Waals surface area contributed by atoms with Crippen LogP contribution in [0.1, 0.15) is 31.4 Å². The minimum absolute atomic E-state index is 0.891. The Bertz CT molecular complexity index is 279. The second-order valence-corrected chi connectivity index (χ2v) is 4.62. The van der Waals surface area contributed by atoms with Gasteiger partial charge in [-0.15, -0.1) is 0 Å². The van der Waals surface area contributed by atoms with E-state index in [1.165, 1.54) is 37.8 Å². The Morgan fingerprint density at radius 3 is 2.77 bits per heavy atom. The van der Waals surface area contributed by atoms with E-state index in [4.69, 9.17) is 0 Å². The van der Waals surface area contributed by atoms with Crippen LogP contribution in [-0.2, 0) is 6.42 Å². The third kappa shape index (κ3) is 2.53. The highest BCUT2D eigenvalue weighted by atomic mass is 79.9. The van der Waals surface area contributed by atoms with Gasteiger partial charge < -0.3 is 0 Å². The number of halogens is 1. The molecule has 1 heterocycles. The molecule has 0 N–H and O–H groups in total. The van der Waals surface area contributed by atoms with Crippen LogP contribution in [0, 0.1) is 5.92 Å². The van der Waals surface area contributed by atoms with Gasteiger partial charge >= 0.3 is 0 Å². The zero-order valence-electron chi connectivity index (χ0n) is 7.67. The topological polar surface area (TPSA) is 12.9 Å². The molecule has 70 valence electrons. The summed E-state index contributed by atoms with van der Waals surface area (Å²) in [7, 11) is 0. The lowest BCUT2D eigenvalue weighted by molar-refractivity contribution is 0.539. The molecule has 0 aliphatic heterocycles. The van der Waals surface area contributed by atoms with Gasteiger partial charge in [-0.1, -0.05) is 31.7 Å². The van der Waals surface area contributed by atoms with E-state index in [1.54, 1.807) is 0 Å². The van der Waals surface area contributed by atoms with Gasteiger partial charge in [0.1, 0.15) is 4.60 Å². The molecule has 2 heteroatoms. The smallest absolute Gasteiger partial charge is 0.106 e. The molecule has 1 aromatic heterocycles. The van der Waals surface area contributed by atoms with Crippen LogP contribution >= 0.6 is 15.9 Å². The first-order valence-electron chi connectivity index (χ1n) is 4.96. The molecule has 0 atom stereocenters. The van der Waals surface area contributed by atoms with E-state index < -0.39 is 0 Å². The monoisotopic (exact) mass is 239 g/mol. The predicted octanol–water partition coefficient (Wildman–Crippen LogP) is 3.58. The van der Waals surface area contributed by atoms with E-state index in [-0.39, 0.29) is 0 Å². The molecule has 0 unspecified atom stereocenters. The molecular formula is C11H14BrN. The summed E-state index contributed by atoms with van der Waals surface area (Å²) in [5, 5.41) is 0. The van der Waals surface area contributed by atoms with E-state index >= 15 is 0 Å². The normalized spacial score (nSPS) is 17.9. The van der Waals surface area contributed by atoms with Gasteiger partial charge in [0.25, 0.3) is 0 Å². The van der Waals surface area contributed by atoms with Gasteiger partial charge in [0.05, 0.1) is 0 Å². The summed E-state index contributed by atoms with van der Waals surface area (Å²) in [6.07, 6.45) is 6.79. The second-order valence-electron chi connectivity index (χ2n) is 3.81. The van der Waals surface area contributed by atoms with Crippen molar-refractivity contribution in [2.24, 2.45) is 5.92 Å². The Labute approximate surface area is 87.7 Å². The van der Waals surface area contributed by atoms with Gasteiger partial charge in [0.2, 0.25) is 0 Å². The maximum atomic E-state index is 4.45. The molecule has 1 saturated carbocycles. The van der Waals surface area contributed by atoms with E-state index in [9.17, 15) is 0 Å². The molecule has 0 radical (unpaired) electrons. The van der Waals surface area contributed by atoms with Crippen LogP contribution in [0.15, 0.2) is 22.8 Å². The molecule has 1 aliphatic carbocycles. The molecule has 0 amide bonds. The van der Waals surface area contributed by atoms with Crippen molar-refractivity contribution in [1.82, 2.24) is 4.98 Å². The molecule has 1 aromatic rings. The average Bonchev–Trinajstić information content (AvgIpc) is 2.57. The van der Waals surface area contributed by atoms with Crippen molar-refractivity contribution in [3.05, 3.63) is 28.5 Å². The second kappa shape index (κ2) is 4.23. The average molecular weight is 240 g/mol. The highest BCUT2D eigenvalue weighted by Crippen LogP contribution is 2.27. The fourth-order valence-corrected chi connectivity index (χ4v) is 2.45. The van der Waals surface area contributed by atoms with Gasteiger partial charge in [0.15, 0.2) is 0 Å². The molecule has 0 saturated heterocycles. The summed E-state index contributed by atoms with van der Waals surface area (Å²) in [6, 6.07) is 6.18. The van der Waals surface area contributed by atoms with E-state index in [1.807, 2.05) is 6.07 Å². The first-order chi connectivity index (χ1) is 6.34. The van der Waals surface area contributed by atoms with Crippen molar-refractivity contribution < 1.29 is 0 Å². The lowest BCUT2D eigenvalue weighted by atomic mass is 10.0. The van der Waals surface area contributed by atoms with Gasteiger partial charge in [-0.25, -0.2) is 4.98 Å². The Kier molecular flexibility index (Phi) is 2.99. The summed E-state index contributed by atoms with van der Waals surface area (Å²) >= 11 is 3.40. The number of pyridine rings is 1. The predicted molar refractivity (Wildman–Crippen MR) is 57.6 cm³/mol. The first kappa shape index (κ1) is 9.20. The van der Waals surface area contributed by atoms with Crippen LogP contribution in [0.2, 0.25) is 0 Å². The fraction of sp³-hybridized carbons (Fsp3) is 0.545. The number of aromatic nitrogens is 1. The number of hydrogen-bond donors (Lipinski definition) is 0. The number of hydrogen-bond acceptors (Lipinski definition) is 1. The van der Waals surface area contributed by atoms with Crippen LogP contribution < -0.4 is 0 Å². The molecule has 2 rings (SSSR count). The summed E-state index contributed by atoms with van der Waals surface area (Å²) in [6.45, 7) is 0. The highest BCUT2D eigenvalue weighted by molar-refractivity contribution is 9.10. The maximum absolute atomic E-state index is 4.45. The van der Waals surface area contributed by atoms with Crippen molar-refractivity contribution in [2.75, 3.05) is 0 Å². The van der Waals surface area contributed by atoms with Crippen molar-refractivity contribution in [3.8, 4) is 0 Å². The molecule has 0 bridgehead atoms. The van der Waals surface area contributed by atoms with Gasteiger partial charge in [-0.3, -0.25) is 0 Å².